The number of fused-ring (bicyclic) bond motifs is 1. The summed E-state index contributed by atoms with van der Waals surface area (Å²) in [6.07, 6.45) is 2.92. The Hall–Kier alpha value is -1.93. The minimum Gasteiger partial charge on any atom is -0.379 e. The molecule has 5 nitrogen and oxygen atoms in total. The Morgan fingerprint density at radius 2 is 2.00 bits per heavy atom. The van der Waals surface area contributed by atoms with Gasteiger partial charge >= 0.3 is 0 Å². The van der Waals surface area contributed by atoms with E-state index in [1.54, 1.807) is 23.1 Å². The van der Waals surface area contributed by atoms with E-state index in [1.807, 2.05) is 35.4 Å². The zero-order valence-electron chi connectivity index (χ0n) is 18.4. The second-order valence-electron chi connectivity index (χ2n) is 7.89. The summed E-state index contributed by atoms with van der Waals surface area (Å²) in [5.41, 5.74) is 4.11. The third-order valence-corrected chi connectivity index (χ3v) is 7.41. The maximum atomic E-state index is 13.7. The number of anilines is 1. The highest BCUT2D eigenvalue weighted by atomic mass is 32.2. The maximum absolute atomic E-state index is 13.7. The fraction of sp³-hybridized carbons (Fsp3) is 0.417. The zero-order chi connectivity index (χ0) is 21.8. The quantitative estimate of drug-likeness (QED) is 0.469. The molecule has 0 radical (unpaired) electrons. The van der Waals surface area contributed by atoms with Gasteiger partial charge in [-0.2, -0.15) is 0 Å². The lowest BCUT2D eigenvalue weighted by atomic mass is 10.1. The molecule has 0 atom stereocenters. The van der Waals surface area contributed by atoms with Crippen LogP contribution < -0.4 is 4.90 Å². The SMILES string of the molecule is CSc1ccccc1C(=O)N(CCCN1CCOCC1)c1nc2c(C)cc(C)cc2s1. The van der Waals surface area contributed by atoms with Crippen molar-refractivity contribution in [3.63, 3.8) is 0 Å². The zero-order valence-corrected chi connectivity index (χ0v) is 20.0. The summed E-state index contributed by atoms with van der Waals surface area (Å²) in [7, 11) is 0. The smallest absolute Gasteiger partial charge is 0.261 e. The molecule has 1 aliphatic rings. The van der Waals surface area contributed by atoms with Gasteiger partial charge in [0.2, 0.25) is 0 Å². The number of hydrogen-bond acceptors (Lipinski definition) is 6. The van der Waals surface area contributed by atoms with Gasteiger partial charge in [-0.05, 0) is 55.9 Å². The van der Waals surface area contributed by atoms with Gasteiger partial charge in [-0.3, -0.25) is 14.6 Å². The van der Waals surface area contributed by atoms with Crippen LogP contribution in [0.4, 0.5) is 5.13 Å². The minimum atomic E-state index is 0.0281. The molecule has 0 N–H and O–H groups in total. The predicted octanol–water partition coefficient (Wildman–Crippen LogP) is 5.00. The monoisotopic (exact) mass is 455 g/mol. The molecule has 1 saturated heterocycles. The molecule has 0 bridgehead atoms. The Morgan fingerprint density at radius 1 is 1.23 bits per heavy atom. The topological polar surface area (TPSA) is 45.7 Å². The first-order valence-corrected chi connectivity index (χ1v) is 12.7. The number of carbonyl (C=O) groups is 1. The Labute approximate surface area is 192 Å². The van der Waals surface area contributed by atoms with E-state index in [-0.39, 0.29) is 5.91 Å². The molecule has 7 heteroatoms. The highest BCUT2D eigenvalue weighted by Crippen LogP contribution is 2.33. The molecule has 2 aromatic carbocycles. The van der Waals surface area contributed by atoms with E-state index in [2.05, 4.69) is 30.9 Å². The van der Waals surface area contributed by atoms with Gasteiger partial charge in [0.1, 0.15) is 0 Å². The highest BCUT2D eigenvalue weighted by molar-refractivity contribution is 7.98. The first kappa shape index (κ1) is 22.3. The summed E-state index contributed by atoms with van der Waals surface area (Å²) in [4.78, 5) is 23.9. The van der Waals surface area contributed by atoms with Crippen LogP contribution in [0.25, 0.3) is 10.2 Å². The number of rotatable bonds is 7. The molecule has 1 fully saturated rings. The molecule has 31 heavy (non-hydrogen) atoms. The summed E-state index contributed by atoms with van der Waals surface area (Å²) in [6.45, 7) is 9.31. The summed E-state index contributed by atoms with van der Waals surface area (Å²) < 4.78 is 6.59. The molecular formula is C24H29N3O2S2. The number of benzene rings is 2. The fourth-order valence-corrected chi connectivity index (χ4v) is 5.76. The Kier molecular flexibility index (Phi) is 7.27. The lowest BCUT2D eigenvalue weighted by Crippen LogP contribution is -2.39. The van der Waals surface area contributed by atoms with Gasteiger partial charge in [0.05, 0.1) is 29.0 Å². The van der Waals surface area contributed by atoms with Gasteiger partial charge in [-0.25, -0.2) is 4.98 Å². The van der Waals surface area contributed by atoms with Crippen LogP contribution >= 0.6 is 23.1 Å². The number of aryl methyl sites for hydroxylation is 2. The standard InChI is InChI=1S/C24H29N3O2S2/c1-17-15-18(2)22-21(16-17)31-24(25-22)27(10-6-9-26-11-13-29-14-12-26)23(28)19-7-4-5-8-20(19)30-3/h4-5,7-8,15-16H,6,9-14H2,1-3H3. The first-order chi connectivity index (χ1) is 15.1. The number of thioether (sulfide) groups is 1. The van der Waals surface area contributed by atoms with Crippen molar-refractivity contribution >= 4 is 44.4 Å². The molecule has 1 aliphatic heterocycles. The van der Waals surface area contributed by atoms with Crippen LogP contribution in [-0.4, -0.2) is 61.4 Å². The molecule has 0 saturated carbocycles. The van der Waals surface area contributed by atoms with E-state index < -0.39 is 0 Å². The van der Waals surface area contributed by atoms with Crippen molar-refractivity contribution in [2.75, 3.05) is 50.5 Å². The van der Waals surface area contributed by atoms with Gasteiger partial charge in [0.25, 0.3) is 5.91 Å². The summed E-state index contributed by atoms with van der Waals surface area (Å²) in [5, 5.41) is 0.784. The number of carbonyl (C=O) groups excluding carboxylic acids is 1. The highest BCUT2D eigenvalue weighted by Gasteiger charge is 2.24. The number of amides is 1. The molecule has 3 aromatic rings. The van der Waals surface area contributed by atoms with Crippen molar-refractivity contribution in [2.24, 2.45) is 0 Å². The van der Waals surface area contributed by atoms with Crippen LogP contribution in [-0.2, 0) is 4.74 Å². The van der Waals surface area contributed by atoms with E-state index >= 15 is 0 Å². The van der Waals surface area contributed by atoms with Crippen LogP contribution in [0.1, 0.15) is 27.9 Å². The molecule has 0 aliphatic carbocycles. The summed E-state index contributed by atoms with van der Waals surface area (Å²) in [6, 6.07) is 12.2. The number of thiazole rings is 1. The van der Waals surface area contributed by atoms with Crippen molar-refractivity contribution in [2.45, 2.75) is 25.2 Å². The number of morpholine rings is 1. The Bertz CT molecular complexity index is 1060. The predicted molar refractivity (Wildman–Crippen MR) is 131 cm³/mol. The summed E-state index contributed by atoms with van der Waals surface area (Å²) in [5.74, 6) is 0.0281. The van der Waals surface area contributed by atoms with E-state index in [1.165, 1.54) is 5.56 Å². The van der Waals surface area contributed by atoms with Crippen LogP contribution in [0, 0.1) is 13.8 Å². The van der Waals surface area contributed by atoms with Gasteiger partial charge in [0, 0.05) is 31.1 Å². The number of nitrogens with zero attached hydrogens (tertiary/aromatic N) is 3. The van der Waals surface area contributed by atoms with Gasteiger partial charge in [-0.15, -0.1) is 11.8 Å². The average Bonchev–Trinajstić information content (AvgIpc) is 3.21. The van der Waals surface area contributed by atoms with E-state index in [9.17, 15) is 4.79 Å². The van der Waals surface area contributed by atoms with Crippen LogP contribution in [0.2, 0.25) is 0 Å². The van der Waals surface area contributed by atoms with Gasteiger partial charge in [-0.1, -0.05) is 29.5 Å². The molecule has 0 unspecified atom stereocenters. The molecule has 2 heterocycles. The Morgan fingerprint density at radius 3 is 2.77 bits per heavy atom. The number of hydrogen-bond donors (Lipinski definition) is 0. The van der Waals surface area contributed by atoms with Crippen molar-refractivity contribution in [3.05, 3.63) is 53.1 Å². The molecule has 164 valence electrons. The first-order valence-electron chi connectivity index (χ1n) is 10.7. The van der Waals surface area contributed by atoms with Gasteiger partial charge in [0.15, 0.2) is 5.13 Å². The lowest BCUT2D eigenvalue weighted by Gasteiger charge is -2.28. The molecule has 1 amide bonds. The van der Waals surface area contributed by atoms with Crippen LogP contribution in [0.15, 0.2) is 41.3 Å². The van der Waals surface area contributed by atoms with Crippen molar-refractivity contribution < 1.29 is 9.53 Å². The van der Waals surface area contributed by atoms with Crippen molar-refractivity contribution in [3.8, 4) is 0 Å². The molecule has 4 rings (SSSR count). The lowest BCUT2D eigenvalue weighted by molar-refractivity contribution is 0.0376. The number of aromatic nitrogens is 1. The third kappa shape index (κ3) is 5.12. The number of ether oxygens (including phenoxy) is 1. The van der Waals surface area contributed by atoms with Gasteiger partial charge < -0.3 is 4.74 Å². The fourth-order valence-electron chi connectivity index (χ4n) is 4.00. The third-order valence-electron chi connectivity index (χ3n) is 5.59. The summed E-state index contributed by atoms with van der Waals surface area (Å²) >= 11 is 3.22. The largest absolute Gasteiger partial charge is 0.379 e. The van der Waals surface area contributed by atoms with Crippen LogP contribution in [0.3, 0.4) is 0 Å². The average molecular weight is 456 g/mol. The molecular weight excluding hydrogens is 426 g/mol. The van der Waals surface area contributed by atoms with E-state index in [0.29, 0.717) is 6.54 Å². The Balaban J connectivity index is 1.63. The van der Waals surface area contributed by atoms with E-state index in [4.69, 9.17) is 9.72 Å². The second kappa shape index (κ2) is 10.1. The normalized spacial score (nSPS) is 14.8. The molecule has 1 aromatic heterocycles. The maximum Gasteiger partial charge on any atom is 0.261 e. The van der Waals surface area contributed by atoms with Crippen molar-refractivity contribution in [1.29, 1.82) is 0 Å². The van der Waals surface area contributed by atoms with Crippen molar-refractivity contribution in [1.82, 2.24) is 9.88 Å². The second-order valence-corrected chi connectivity index (χ2v) is 9.75. The van der Waals surface area contributed by atoms with E-state index in [0.717, 1.165) is 70.6 Å². The molecule has 0 spiro atoms. The minimum absolute atomic E-state index is 0.0281. The van der Waals surface area contributed by atoms with Crippen LogP contribution in [0.5, 0.6) is 0 Å².